The van der Waals surface area contributed by atoms with Gasteiger partial charge in [-0.1, -0.05) is 19.3 Å². The van der Waals surface area contributed by atoms with Crippen LogP contribution in [-0.2, 0) is 11.3 Å². The summed E-state index contributed by atoms with van der Waals surface area (Å²) in [5.41, 5.74) is 0.619. The van der Waals surface area contributed by atoms with E-state index < -0.39 is 5.54 Å². The summed E-state index contributed by atoms with van der Waals surface area (Å²) in [5, 5.41) is 14.6. The van der Waals surface area contributed by atoms with E-state index >= 15 is 0 Å². The summed E-state index contributed by atoms with van der Waals surface area (Å²) in [6, 6.07) is 4.21. The van der Waals surface area contributed by atoms with Crippen LogP contribution in [0.4, 0.5) is 0 Å². The van der Waals surface area contributed by atoms with Crippen molar-refractivity contribution in [2.75, 3.05) is 7.05 Å². The van der Waals surface area contributed by atoms with E-state index in [1.807, 2.05) is 18.9 Å². The minimum absolute atomic E-state index is 0.0415. The van der Waals surface area contributed by atoms with Crippen LogP contribution >= 0.6 is 11.3 Å². The lowest BCUT2D eigenvalue weighted by Gasteiger charge is -2.34. The minimum atomic E-state index is -0.650. The molecule has 1 aromatic rings. The maximum Gasteiger partial charge on any atom is 0.238 e. The van der Waals surface area contributed by atoms with E-state index in [-0.39, 0.29) is 11.9 Å². The SMILES string of the molecule is Cc1ccsc1CN(C)C(C)C(=O)NC1(C#N)CCCCC1. The van der Waals surface area contributed by atoms with Gasteiger partial charge in [0.15, 0.2) is 0 Å². The first-order valence-corrected chi connectivity index (χ1v) is 8.82. The molecule has 1 aromatic heterocycles. The Morgan fingerprint density at radius 1 is 1.50 bits per heavy atom. The fourth-order valence-electron chi connectivity index (χ4n) is 2.89. The van der Waals surface area contributed by atoms with Crippen LogP contribution in [0.3, 0.4) is 0 Å². The van der Waals surface area contributed by atoms with Crippen molar-refractivity contribution >= 4 is 17.2 Å². The van der Waals surface area contributed by atoms with Crippen molar-refractivity contribution in [3.05, 3.63) is 21.9 Å². The Balaban J connectivity index is 1.96. The van der Waals surface area contributed by atoms with Crippen molar-refractivity contribution in [3.63, 3.8) is 0 Å². The largest absolute Gasteiger partial charge is 0.336 e. The molecular formula is C17H25N3OS. The maximum atomic E-state index is 12.5. The molecule has 5 heteroatoms. The molecule has 0 radical (unpaired) electrons. The highest BCUT2D eigenvalue weighted by atomic mass is 32.1. The molecule has 1 saturated carbocycles. The zero-order valence-electron chi connectivity index (χ0n) is 13.7. The van der Waals surface area contributed by atoms with Crippen molar-refractivity contribution in [2.24, 2.45) is 0 Å². The van der Waals surface area contributed by atoms with E-state index in [1.54, 1.807) is 11.3 Å². The minimum Gasteiger partial charge on any atom is -0.336 e. The van der Waals surface area contributed by atoms with E-state index in [4.69, 9.17) is 0 Å². The first-order valence-electron chi connectivity index (χ1n) is 7.94. The molecule has 2 rings (SSSR count). The van der Waals surface area contributed by atoms with Crippen LogP contribution in [0.2, 0.25) is 0 Å². The van der Waals surface area contributed by atoms with Gasteiger partial charge in [0.25, 0.3) is 0 Å². The second-order valence-corrected chi connectivity index (χ2v) is 7.36. The molecule has 0 aliphatic heterocycles. The predicted molar refractivity (Wildman–Crippen MR) is 89.6 cm³/mol. The molecule has 1 N–H and O–H groups in total. The van der Waals surface area contributed by atoms with Crippen molar-refractivity contribution < 1.29 is 4.79 Å². The number of carbonyl (C=O) groups is 1. The van der Waals surface area contributed by atoms with Crippen LogP contribution in [0, 0.1) is 18.3 Å². The summed E-state index contributed by atoms with van der Waals surface area (Å²) in [4.78, 5) is 15.9. The van der Waals surface area contributed by atoms with E-state index in [1.165, 1.54) is 10.4 Å². The maximum absolute atomic E-state index is 12.5. The molecule has 1 amide bonds. The Morgan fingerprint density at radius 2 is 2.18 bits per heavy atom. The molecule has 1 heterocycles. The van der Waals surface area contributed by atoms with E-state index in [9.17, 15) is 10.1 Å². The summed E-state index contributed by atoms with van der Waals surface area (Å²) in [6.45, 7) is 4.76. The number of rotatable bonds is 5. The molecule has 0 saturated heterocycles. The zero-order valence-corrected chi connectivity index (χ0v) is 14.5. The van der Waals surface area contributed by atoms with Crippen LogP contribution in [-0.4, -0.2) is 29.4 Å². The number of nitriles is 1. The molecule has 22 heavy (non-hydrogen) atoms. The molecule has 120 valence electrons. The van der Waals surface area contributed by atoms with Crippen molar-refractivity contribution in [1.29, 1.82) is 5.26 Å². The molecule has 1 atom stereocenters. The van der Waals surface area contributed by atoms with Crippen LogP contribution in [0.25, 0.3) is 0 Å². The molecule has 1 unspecified atom stereocenters. The molecule has 0 bridgehead atoms. The third-order valence-electron chi connectivity index (χ3n) is 4.69. The number of aryl methyl sites for hydroxylation is 1. The Morgan fingerprint density at radius 3 is 2.73 bits per heavy atom. The molecule has 1 aliphatic carbocycles. The Labute approximate surface area is 137 Å². The van der Waals surface area contributed by atoms with Gasteiger partial charge in [0.1, 0.15) is 5.54 Å². The highest BCUT2D eigenvalue weighted by Crippen LogP contribution is 2.28. The average Bonchev–Trinajstić information content (AvgIpc) is 2.92. The third kappa shape index (κ3) is 3.88. The second-order valence-electron chi connectivity index (χ2n) is 6.36. The number of carbonyl (C=O) groups excluding carboxylic acids is 1. The lowest BCUT2D eigenvalue weighted by Crippen LogP contribution is -2.54. The quantitative estimate of drug-likeness (QED) is 0.906. The first kappa shape index (κ1) is 17.0. The van der Waals surface area contributed by atoms with Gasteiger partial charge in [-0.05, 0) is 50.7 Å². The molecule has 4 nitrogen and oxygen atoms in total. The summed E-state index contributed by atoms with van der Waals surface area (Å²) >= 11 is 1.72. The number of amides is 1. The smallest absolute Gasteiger partial charge is 0.238 e. The van der Waals surface area contributed by atoms with Gasteiger partial charge in [-0.25, -0.2) is 0 Å². The third-order valence-corrected chi connectivity index (χ3v) is 5.69. The fourth-order valence-corrected chi connectivity index (χ4v) is 3.86. The van der Waals surface area contributed by atoms with E-state index in [0.29, 0.717) is 0 Å². The lowest BCUT2D eigenvalue weighted by molar-refractivity contribution is -0.127. The molecule has 0 aromatic carbocycles. The van der Waals surface area contributed by atoms with Gasteiger partial charge >= 0.3 is 0 Å². The average molecular weight is 319 g/mol. The highest BCUT2D eigenvalue weighted by Gasteiger charge is 2.35. The van der Waals surface area contributed by atoms with Crippen LogP contribution in [0.1, 0.15) is 49.5 Å². The Hall–Kier alpha value is -1.38. The number of likely N-dealkylation sites (N-methyl/N-ethyl adjacent to an activating group) is 1. The number of nitrogens with one attached hydrogen (secondary N) is 1. The van der Waals surface area contributed by atoms with Crippen molar-refractivity contribution in [1.82, 2.24) is 10.2 Å². The monoisotopic (exact) mass is 319 g/mol. The standard InChI is InChI=1S/C17H25N3OS/c1-13-7-10-22-15(13)11-20(3)14(2)16(21)19-17(12-18)8-5-4-6-9-17/h7,10,14H,4-6,8-9,11H2,1-3H3,(H,19,21). The number of hydrogen-bond acceptors (Lipinski definition) is 4. The van der Waals surface area contributed by atoms with E-state index in [0.717, 1.165) is 38.6 Å². The highest BCUT2D eigenvalue weighted by molar-refractivity contribution is 7.10. The molecule has 1 aliphatic rings. The number of thiophene rings is 1. The van der Waals surface area contributed by atoms with Gasteiger partial charge in [0.2, 0.25) is 5.91 Å². The normalized spacial score (nSPS) is 18.7. The summed E-state index contributed by atoms with van der Waals surface area (Å²) in [5.74, 6) is -0.0415. The van der Waals surface area contributed by atoms with Crippen molar-refractivity contribution in [3.8, 4) is 6.07 Å². The molecular weight excluding hydrogens is 294 g/mol. The summed E-state index contributed by atoms with van der Waals surface area (Å²) in [7, 11) is 1.96. The van der Waals surface area contributed by atoms with Gasteiger partial charge in [0.05, 0.1) is 12.1 Å². The lowest BCUT2D eigenvalue weighted by atomic mass is 9.82. The topological polar surface area (TPSA) is 56.1 Å². The fraction of sp³-hybridized carbons (Fsp3) is 0.647. The number of nitrogens with zero attached hydrogens (tertiary/aromatic N) is 2. The van der Waals surface area contributed by atoms with Gasteiger partial charge in [0, 0.05) is 11.4 Å². The van der Waals surface area contributed by atoms with Crippen molar-refractivity contribution in [2.45, 2.75) is 64.1 Å². The van der Waals surface area contributed by atoms with Gasteiger partial charge in [-0.15, -0.1) is 11.3 Å². The summed E-state index contributed by atoms with van der Waals surface area (Å²) in [6.07, 6.45) is 4.75. The van der Waals surface area contributed by atoms with Gasteiger partial charge in [-0.3, -0.25) is 9.69 Å². The molecule has 0 spiro atoms. The predicted octanol–water partition coefficient (Wildman–Crippen LogP) is 3.22. The molecule has 1 fully saturated rings. The second kappa shape index (κ2) is 7.26. The van der Waals surface area contributed by atoms with Crippen LogP contribution < -0.4 is 5.32 Å². The van der Waals surface area contributed by atoms with Crippen LogP contribution in [0.5, 0.6) is 0 Å². The van der Waals surface area contributed by atoms with Gasteiger partial charge < -0.3 is 5.32 Å². The van der Waals surface area contributed by atoms with Gasteiger partial charge in [-0.2, -0.15) is 5.26 Å². The Bertz CT molecular complexity index is 554. The van der Waals surface area contributed by atoms with E-state index in [2.05, 4.69) is 29.8 Å². The number of hydrogen-bond donors (Lipinski definition) is 1. The van der Waals surface area contributed by atoms with Crippen LogP contribution in [0.15, 0.2) is 11.4 Å². The zero-order chi connectivity index (χ0) is 16.2. The first-order chi connectivity index (χ1) is 10.5. The summed E-state index contributed by atoms with van der Waals surface area (Å²) < 4.78 is 0. The Kier molecular flexibility index (Phi) is 5.60.